The fourth-order valence-electron chi connectivity index (χ4n) is 3.64. The summed E-state index contributed by atoms with van der Waals surface area (Å²) in [5.41, 5.74) is 10.5. The van der Waals surface area contributed by atoms with Crippen LogP contribution in [-0.4, -0.2) is 100 Å². The molecule has 0 saturated carbocycles. The van der Waals surface area contributed by atoms with E-state index in [0.717, 1.165) is 6.21 Å². The van der Waals surface area contributed by atoms with Gasteiger partial charge in [-0.05, 0) is 48.6 Å². The van der Waals surface area contributed by atoms with E-state index >= 15 is 0 Å². The summed E-state index contributed by atoms with van der Waals surface area (Å²) in [6.45, 7) is 25.2. The van der Waals surface area contributed by atoms with Crippen molar-refractivity contribution in [1.29, 1.82) is 5.41 Å². The Morgan fingerprint density at radius 3 is 1.67 bits per heavy atom. The molecule has 0 aliphatic heterocycles. The molecule has 0 aliphatic carbocycles. The predicted octanol–water partition coefficient (Wildman–Crippen LogP) is 5.67. The van der Waals surface area contributed by atoms with Crippen LogP contribution < -0.4 is 16.4 Å². The van der Waals surface area contributed by atoms with Crippen LogP contribution in [0.4, 0.5) is 0 Å². The normalized spacial score (nSPS) is 10.4. The number of likely N-dealkylation sites (N-methyl/N-ethyl adjacent to an activating group) is 1. The van der Waals surface area contributed by atoms with E-state index in [1.807, 2.05) is 67.8 Å². The summed E-state index contributed by atoms with van der Waals surface area (Å²) in [5, 5.41) is 21.6. The number of hydrogen-bond acceptors (Lipinski definition) is 10. The standard InChI is InChI=1S/C23H34N4O8.C8H11N.4C2H6/c1-26-22(29)21(18-4-2-17(3-5-18)14-19(23(30)31)27-16-28)20(15-25)35-13-12-34-11-10-33-9-8-32-7-6-24;1-6-4-9-5-7(2)8(6)3;4*1-2/h2-5,15-16,19,25H,6-14,24H2,1H3,(H,26,29)(H,27,28)(H,30,31);4-5H,1-3H3;4*1-2H3/b21-20+,25-15?;;;;;. The number of pyridine rings is 1. The minimum atomic E-state index is -1.16. The second kappa shape index (κ2) is 39.6. The third-order valence-corrected chi connectivity index (χ3v) is 6.29. The average molecular weight is 736 g/mol. The van der Waals surface area contributed by atoms with Gasteiger partial charge in [0.25, 0.3) is 5.91 Å². The second-order valence-electron chi connectivity index (χ2n) is 9.41. The molecule has 298 valence electrons. The van der Waals surface area contributed by atoms with Gasteiger partial charge >= 0.3 is 5.97 Å². The number of hydrogen-bond donors (Lipinski definition) is 5. The lowest BCUT2D eigenvalue weighted by atomic mass is 9.99. The number of benzene rings is 1. The number of amides is 2. The highest BCUT2D eigenvalue weighted by Gasteiger charge is 2.19. The number of aromatic nitrogens is 1. The number of carboxylic acids is 1. The van der Waals surface area contributed by atoms with Crippen LogP contribution in [0.25, 0.3) is 5.57 Å². The fourth-order valence-corrected chi connectivity index (χ4v) is 3.64. The van der Waals surface area contributed by atoms with Gasteiger partial charge in [-0.25, -0.2) is 4.79 Å². The number of carbonyl (C=O) groups is 3. The van der Waals surface area contributed by atoms with E-state index in [-0.39, 0.29) is 31.0 Å². The molecule has 0 radical (unpaired) electrons. The summed E-state index contributed by atoms with van der Waals surface area (Å²) >= 11 is 0. The number of aliphatic carboxylic acids is 1. The van der Waals surface area contributed by atoms with Crippen LogP contribution in [0.1, 0.15) is 83.2 Å². The van der Waals surface area contributed by atoms with Gasteiger partial charge in [0.1, 0.15) is 18.4 Å². The Hall–Kier alpha value is -4.17. The van der Waals surface area contributed by atoms with Crippen LogP contribution in [0.2, 0.25) is 0 Å². The number of ether oxygens (including phenoxy) is 4. The number of carbonyl (C=O) groups excluding carboxylic acids is 2. The molecule has 1 unspecified atom stereocenters. The summed E-state index contributed by atoms with van der Waals surface area (Å²) in [7, 11) is 1.46. The first-order valence-electron chi connectivity index (χ1n) is 18.1. The third kappa shape index (κ3) is 25.7. The molecule has 0 spiro atoms. The van der Waals surface area contributed by atoms with Crippen molar-refractivity contribution in [3.05, 3.63) is 70.2 Å². The lowest BCUT2D eigenvalue weighted by Crippen LogP contribution is -2.37. The van der Waals surface area contributed by atoms with E-state index in [4.69, 9.17) is 30.1 Å². The zero-order valence-electron chi connectivity index (χ0n) is 33.9. The Kier molecular flexibility index (Phi) is 41.6. The molecule has 13 heteroatoms. The van der Waals surface area contributed by atoms with E-state index in [0.29, 0.717) is 57.1 Å². The number of nitrogens with one attached hydrogen (secondary N) is 3. The van der Waals surface area contributed by atoms with Gasteiger partial charge in [0.2, 0.25) is 6.41 Å². The van der Waals surface area contributed by atoms with Crippen molar-refractivity contribution < 1.29 is 38.4 Å². The first-order chi connectivity index (χ1) is 25.2. The Bertz CT molecular complexity index is 1190. The maximum absolute atomic E-state index is 12.5. The van der Waals surface area contributed by atoms with Gasteiger partial charge in [0.15, 0.2) is 0 Å². The molecule has 1 aromatic heterocycles. The van der Waals surface area contributed by atoms with Crippen molar-refractivity contribution in [2.75, 3.05) is 59.8 Å². The molecule has 13 nitrogen and oxygen atoms in total. The Balaban J connectivity index is -0.000000564. The monoisotopic (exact) mass is 736 g/mol. The summed E-state index contributed by atoms with van der Waals surface area (Å²) in [5.74, 6) is -1.55. The quantitative estimate of drug-likeness (QED) is 0.0372. The van der Waals surface area contributed by atoms with Crippen molar-refractivity contribution >= 4 is 30.1 Å². The van der Waals surface area contributed by atoms with Crippen LogP contribution >= 0.6 is 0 Å². The van der Waals surface area contributed by atoms with Crippen molar-refractivity contribution in [2.45, 2.75) is 88.6 Å². The Morgan fingerprint density at radius 1 is 0.827 bits per heavy atom. The number of nitrogens with zero attached hydrogens (tertiary/aromatic N) is 1. The van der Waals surface area contributed by atoms with Crippen LogP contribution in [0.3, 0.4) is 0 Å². The van der Waals surface area contributed by atoms with Crippen LogP contribution in [-0.2, 0) is 39.8 Å². The number of carboxylic acid groups (broad SMARTS) is 1. The van der Waals surface area contributed by atoms with Crippen molar-refractivity contribution in [3.63, 3.8) is 0 Å². The fraction of sp³-hybridized carbons (Fsp3) is 0.564. The van der Waals surface area contributed by atoms with E-state index in [9.17, 15) is 19.5 Å². The summed E-state index contributed by atoms with van der Waals surface area (Å²) in [6.07, 6.45) is 5.13. The lowest BCUT2D eigenvalue weighted by molar-refractivity contribution is -0.140. The van der Waals surface area contributed by atoms with Gasteiger partial charge in [-0.1, -0.05) is 79.7 Å². The average Bonchev–Trinajstić information content (AvgIpc) is 3.19. The van der Waals surface area contributed by atoms with E-state index < -0.39 is 17.9 Å². The third-order valence-electron chi connectivity index (χ3n) is 6.29. The first-order valence-corrected chi connectivity index (χ1v) is 18.1. The van der Waals surface area contributed by atoms with E-state index in [1.165, 1.54) is 23.7 Å². The van der Waals surface area contributed by atoms with Crippen LogP contribution in [0, 0.1) is 26.2 Å². The number of aryl methyl sites for hydroxylation is 2. The smallest absolute Gasteiger partial charge is 0.326 e. The van der Waals surface area contributed by atoms with Gasteiger partial charge < -0.3 is 45.8 Å². The van der Waals surface area contributed by atoms with E-state index in [1.54, 1.807) is 24.3 Å². The molecule has 0 aliphatic rings. The SMILES string of the molecule is CC.CC.CC.CC.CNC(=O)/C(=C(\C=N)OCCOCCOCCOCCN)c1ccc(CC(NC=O)C(=O)O)cc1.Cc1cncc(C)c1C. The molecular formula is C39H69N5O8. The molecule has 6 N–H and O–H groups in total. The highest BCUT2D eigenvalue weighted by atomic mass is 16.6. The van der Waals surface area contributed by atoms with Gasteiger partial charge in [0, 0.05) is 32.4 Å². The molecule has 0 bridgehead atoms. The maximum atomic E-state index is 12.5. The van der Waals surface area contributed by atoms with Crippen molar-refractivity contribution in [1.82, 2.24) is 15.6 Å². The Labute approximate surface area is 313 Å². The molecule has 0 saturated heterocycles. The number of nitrogens with two attached hydrogens (primary N) is 1. The second-order valence-corrected chi connectivity index (χ2v) is 9.41. The zero-order chi connectivity index (χ0) is 40.7. The molecular weight excluding hydrogens is 666 g/mol. The molecule has 52 heavy (non-hydrogen) atoms. The van der Waals surface area contributed by atoms with E-state index in [2.05, 4.69) is 36.4 Å². The molecule has 2 rings (SSSR count). The zero-order valence-corrected chi connectivity index (χ0v) is 33.9. The molecule has 2 aromatic rings. The predicted molar refractivity (Wildman–Crippen MR) is 212 cm³/mol. The van der Waals surface area contributed by atoms with Gasteiger partial charge in [-0.3, -0.25) is 14.6 Å². The maximum Gasteiger partial charge on any atom is 0.326 e. The number of rotatable bonds is 20. The van der Waals surface area contributed by atoms with Gasteiger partial charge in [-0.2, -0.15) is 0 Å². The highest BCUT2D eigenvalue weighted by Crippen LogP contribution is 2.21. The van der Waals surface area contributed by atoms with Crippen LogP contribution in [0.5, 0.6) is 0 Å². The first kappa shape index (κ1) is 54.6. The topological polar surface area (TPSA) is 195 Å². The highest BCUT2D eigenvalue weighted by molar-refractivity contribution is 6.23. The van der Waals surface area contributed by atoms with Gasteiger partial charge in [-0.15, -0.1) is 0 Å². The summed E-state index contributed by atoms with van der Waals surface area (Å²) in [6, 6.07) is 5.47. The molecule has 1 heterocycles. The minimum Gasteiger partial charge on any atom is -0.489 e. The molecule has 0 fully saturated rings. The van der Waals surface area contributed by atoms with Crippen molar-refractivity contribution in [2.24, 2.45) is 5.73 Å². The van der Waals surface area contributed by atoms with Gasteiger partial charge in [0.05, 0.1) is 51.4 Å². The lowest BCUT2D eigenvalue weighted by Gasteiger charge is -2.15. The largest absolute Gasteiger partial charge is 0.489 e. The Morgan fingerprint density at radius 2 is 1.29 bits per heavy atom. The molecule has 1 atom stereocenters. The summed E-state index contributed by atoms with van der Waals surface area (Å²) in [4.78, 5) is 38.4. The minimum absolute atomic E-state index is 0.0556. The van der Waals surface area contributed by atoms with Crippen molar-refractivity contribution in [3.8, 4) is 0 Å². The number of allylic oxidation sites excluding steroid dienone is 1. The molecule has 2 amide bonds. The van der Waals surface area contributed by atoms with Crippen LogP contribution in [0.15, 0.2) is 42.4 Å². The summed E-state index contributed by atoms with van der Waals surface area (Å²) < 4.78 is 21.6. The molecule has 1 aromatic carbocycles.